The Bertz CT molecular complexity index is 1660. The van der Waals surface area contributed by atoms with E-state index in [-0.39, 0.29) is 35.4 Å². The summed E-state index contributed by atoms with van der Waals surface area (Å²) in [6.45, 7) is 21.7. The zero-order valence-corrected chi connectivity index (χ0v) is 33.5. The van der Waals surface area contributed by atoms with Gasteiger partial charge in [0.2, 0.25) is 6.10 Å². The van der Waals surface area contributed by atoms with Gasteiger partial charge in [0.1, 0.15) is 11.2 Å². The minimum absolute atomic E-state index is 0.102. The first-order chi connectivity index (χ1) is 24.0. The minimum atomic E-state index is -2.35. The van der Waals surface area contributed by atoms with Gasteiger partial charge in [-0.25, -0.2) is 14.4 Å². The van der Waals surface area contributed by atoms with Crippen LogP contribution in [0.2, 0.25) is 18.1 Å². The number of amides is 3. The third-order valence-corrected chi connectivity index (χ3v) is 14.2. The summed E-state index contributed by atoms with van der Waals surface area (Å²) in [6, 6.07) is 13.7. The Morgan fingerprint density at radius 3 is 1.94 bits per heavy atom. The number of fused-ring (bicyclic) bond motifs is 2. The Morgan fingerprint density at radius 2 is 1.38 bits per heavy atom. The lowest BCUT2D eigenvalue weighted by atomic mass is 10.1. The molecule has 0 aliphatic carbocycles. The second-order valence-electron chi connectivity index (χ2n) is 17.1. The molecule has 3 heterocycles. The van der Waals surface area contributed by atoms with Crippen LogP contribution < -0.4 is 5.01 Å². The van der Waals surface area contributed by atoms with E-state index in [0.29, 0.717) is 11.6 Å². The number of esters is 1. The van der Waals surface area contributed by atoms with E-state index >= 15 is 0 Å². The summed E-state index contributed by atoms with van der Waals surface area (Å²) in [5.74, 6) is -2.16. The topological polar surface area (TPSA) is 127 Å². The third kappa shape index (κ3) is 8.20. The molecule has 284 valence electrons. The van der Waals surface area contributed by atoms with E-state index in [4.69, 9.17) is 23.5 Å². The first kappa shape index (κ1) is 39.4. The van der Waals surface area contributed by atoms with Crippen LogP contribution in [0.15, 0.2) is 48.5 Å². The van der Waals surface area contributed by atoms with Gasteiger partial charge in [-0.15, -0.1) is 5.06 Å². The summed E-state index contributed by atoms with van der Waals surface area (Å²) in [7, 11) is -0.429. The Hall–Kier alpha value is -3.82. The van der Waals surface area contributed by atoms with Gasteiger partial charge in [-0.1, -0.05) is 51.1 Å². The second-order valence-corrected chi connectivity index (χ2v) is 21.9. The number of imide groups is 1. The molecule has 0 saturated carbocycles. The van der Waals surface area contributed by atoms with Gasteiger partial charge in [-0.2, -0.15) is 5.01 Å². The van der Waals surface area contributed by atoms with Crippen molar-refractivity contribution in [3.8, 4) is 0 Å². The smallest absolute Gasteiger partial charge is 0.410 e. The fourth-order valence-corrected chi connectivity index (χ4v) is 7.55. The van der Waals surface area contributed by atoms with Crippen LogP contribution in [0, 0.1) is 0 Å². The van der Waals surface area contributed by atoms with Gasteiger partial charge in [0.15, 0.2) is 14.5 Å². The Balaban J connectivity index is 1.48. The number of hydrogen-bond donors (Lipinski definition) is 0. The van der Waals surface area contributed by atoms with Gasteiger partial charge in [-0.3, -0.25) is 9.59 Å². The van der Waals surface area contributed by atoms with Gasteiger partial charge in [0.25, 0.3) is 11.8 Å². The molecule has 3 aliphatic rings. The van der Waals surface area contributed by atoms with Crippen molar-refractivity contribution in [2.24, 2.45) is 0 Å². The van der Waals surface area contributed by atoms with Crippen LogP contribution in [0.5, 0.6) is 0 Å². The number of hydrogen-bond acceptors (Lipinski definition) is 11. The lowest BCUT2D eigenvalue weighted by Gasteiger charge is -2.43. The van der Waals surface area contributed by atoms with Crippen LogP contribution in [0.1, 0.15) is 94.8 Å². The lowest BCUT2D eigenvalue weighted by molar-refractivity contribution is -0.205. The molecular weight excluding hydrogens is 685 g/mol. The van der Waals surface area contributed by atoms with Crippen molar-refractivity contribution < 1.29 is 42.7 Å². The molecule has 0 aromatic heterocycles. The van der Waals surface area contributed by atoms with Gasteiger partial charge in [-0.05, 0) is 77.9 Å². The lowest BCUT2D eigenvalue weighted by Crippen LogP contribution is -2.55. The van der Waals surface area contributed by atoms with Crippen molar-refractivity contribution in [1.29, 1.82) is 0 Å². The zero-order valence-electron chi connectivity index (χ0n) is 32.5. The molecule has 3 amide bonds. The first-order valence-corrected chi connectivity index (χ1v) is 20.7. The molecule has 1 saturated heterocycles. The molecule has 2 aromatic rings. The number of anilines is 1. The fraction of sp³-hybridized carbons (Fsp3) is 0.579. The van der Waals surface area contributed by atoms with Crippen LogP contribution in [-0.2, 0) is 28.3 Å². The molecule has 5 rings (SSSR count). The molecule has 2 aromatic carbocycles. The Kier molecular flexibility index (Phi) is 10.8. The Labute approximate surface area is 308 Å². The maximum atomic E-state index is 13.6. The zero-order chi connectivity index (χ0) is 38.6. The molecule has 14 heteroatoms. The molecule has 52 heavy (non-hydrogen) atoms. The number of para-hydroxylation sites is 1. The number of benzene rings is 2. The van der Waals surface area contributed by atoms with E-state index in [0.717, 1.165) is 11.3 Å². The highest BCUT2D eigenvalue weighted by atomic mass is 28.4. The summed E-state index contributed by atoms with van der Waals surface area (Å²) in [5, 5.41) is 4.52. The SMILES string of the molecule is CN1c2ccccc2C(OC[C@H](ON2C(=O)c3ccccc3C2=O)C(=O)OC(C)(C)C)N1[C@@H]1CN(C(=O)OC(C)(C)C)C[C@@H]1O[Si](C)(C)C(C)(C)C. The van der Waals surface area contributed by atoms with E-state index in [1.807, 2.05) is 62.1 Å². The summed E-state index contributed by atoms with van der Waals surface area (Å²) < 4.78 is 25.2. The molecule has 0 spiro atoms. The van der Waals surface area contributed by atoms with E-state index in [9.17, 15) is 19.2 Å². The van der Waals surface area contributed by atoms with Crippen molar-refractivity contribution >= 4 is 37.9 Å². The number of ether oxygens (including phenoxy) is 3. The molecule has 4 atom stereocenters. The summed E-state index contributed by atoms with van der Waals surface area (Å²) >= 11 is 0. The molecular formula is C38H54N4O9Si. The molecule has 1 fully saturated rings. The highest BCUT2D eigenvalue weighted by Crippen LogP contribution is 2.45. The van der Waals surface area contributed by atoms with Crippen molar-refractivity contribution in [3.63, 3.8) is 0 Å². The predicted molar refractivity (Wildman–Crippen MR) is 197 cm³/mol. The van der Waals surface area contributed by atoms with Gasteiger partial charge >= 0.3 is 12.1 Å². The maximum Gasteiger partial charge on any atom is 0.410 e. The van der Waals surface area contributed by atoms with Crippen LogP contribution in [0.4, 0.5) is 10.5 Å². The molecule has 0 N–H and O–H groups in total. The average Bonchev–Trinajstić information content (AvgIpc) is 3.63. The summed E-state index contributed by atoms with van der Waals surface area (Å²) in [6.07, 6.45) is -3.10. The molecule has 0 bridgehead atoms. The third-order valence-electron chi connectivity index (χ3n) is 9.68. The molecule has 13 nitrogen and oxygen atoms in total. The van der Waals surface area contributed by atoms with Crippen molar-refractivity contribution in [2.45, 2.75) is 116 Å². The minimum Gasteiger partial charge on any atom is -0.458 e. The van der Waals surface area contributed by atoms with Crippen LogP contribution >= 0.6 is 0 Å². The summed E-state index contributed by atoms with van der Waals surface area (Å²) in [4.78, 5) is 61.2. The van der Waals surface area contributed by atoms with E-state index in [1.54, 1.807) is 37.8 Å². The van der Waals surface area contributed by atoms with E-state index < -0.39 is 61.8 Å². The monoisotopic (exact) mass is 738 g/mol. The molecule has 1 unspecified atom stereocenters. The predicted octanol–water partition coefficient (Wildman–Crippen LogP) is 6.32. The number of nitrogens with zero attached hydrogens (tertiary/aromatic N) is 4. The highest BCUT2D eigenvalue weighted by molar-refractivity contribution is 6.74. The number of hydrazine groups is 1. The van der Waals surface area contributed by atoms with Crippen LogP contribution in [0.3, 0.4) is 0 Å². The van der Waals surface area contributed by atoms with Gasteiger partial charge < -0.3 is 28.5 Å². The molecule has 3 aliphatic heterocycles. The number of carbonyl (C=O) groups is 4. The number of likely N-dealkylation sites (tertiary alicyclic amines) is 1. The van der Waals surface area contributed by atoms with Crippen LogP contribution in [-0.4, -0.2) is 103 Å². The number of rotatable bonds is 9. The molecule has 0 radical (unpaired) electrons. The van der Waals surface area contributed by atoms with Crippen LogP contribution in [0.25, 0.3) is 0 Å². The number of carbonyl (C=O) groups excluding carboxylic acids is 4. The first-order valence-electron chi connectivity index (χ1n) is 17.7. The maximum absolute atomic E-state index is 13.6. The van der Waals surface area contributed by atoms with Crippen molar-refractivity contribution in [2.75, 3.05) is 31.8 Å². The van der Waals surface area contributed by atoms with E-state index in [2.05, 4.69) is 33.9 Å². The van der Waals surface area contributed by atoms with E-state index in [1.165, 1.54) is 12.1 Å². The second kappa shape index (κ2) is 14.2. The summed E-state index contributed by atoms with van der Waals surface area (Å²) in [5.41, 5.74) is 0.457. The van der Waals surface area contributed by atoms with Gasteiger partial charge in [0, 0.05) is 19.2 Å². The quantitative estimate of drug-likeness (QED) is 0.163. The standard InChI is InChI=1S/C38H54N4O9Si/c1-36(2,3)48-34(45)30(50-42-31(43)24-17-13-14-18-25(24)32(42)44)23-47-33-26-19-15-16-20-27(26)39(10)41(33)28-21-40(35(46)49-37(4,5)6)22-29(28)51-52(11,12)38(7,8)9/h13-20,28-30,33H,21-23H2,1-12H3/t28-,29+,30+,33?/m1/s1. The van der Waals surface area contributed by atoms with Gasteiger partial charge in [0.05, 0.1) is 42.1 Å². The van der Waals surface area contributed by atoms with Crippen molar-refractivity contribution in [3.05, 3.63) is 65.2 Å². The fourth-order valence-electron chi connectivity index (χ4n) is 6.21. The Morgan fingerprint density at radius 1 is 0.827 bits per heavy atom. The normalized spacial score (nSPS) is 21.8. The number of hydroxylamine groups is 2. The highest BCUT2D eigenvalue weighted by Gasteiger charge is 2.52. The average molecular weight is 739 g/mol. The van der Waals surface area contributed by atoms with Crippen molar-refractivity contribution in [1.82, 2.24) is 15.0 Å². The largest absolute Gasteiger partial charge is 0.458 e.